The van der Waals surface area contributed by atoms with Crippen LogP contribution in [0.25, 0.3) is 0 Å². The number of piperidine rings is 1. The lowest BCUT2D eigenvalue weighted by atomic mass is 9.91. The van der Waals surface area contributed by atoms with E-state index in [4.69, 9.17) is 4.74 Å². The SMILES string of the molecule is C1CC2COC2C[N]1. The van der Waals surface area contributed by atoms with E-state index in [1.165, 1.54) is 6.42 Å². The fraction of sp³-hybridized carbons (Fsp3) is 1.00. The Morgan fingerprint density at radius 3 is 2.88 bits per heavy atom. The van der Waals surface area contributed by atoms with E-state index >= 15 is 0 Å². The van der Waals surface area contributed by atoms with Crippen molar-refractivity contribution in [3.63, 3.8) is 0 Å². The second-order valence-corrected chi connectivity index (χ2v) is 2.55. The molecule has 2 atom stereocenters. The molecule has 0 spiro atoms. The molecule has 2 heterocycles. The normalized spacial score (nSPS) is 45.0. The van der Waals surface area contributed by atoms with Gasteiger partial charge in [-0.05, 0) is 6.42 Å². The van der Waals surface area contributed by atoms with Crippen LogP contribution >= 0.6 is 0 Å². The maximum atomic E-state index is 5.24. The van der Waals surface area contributed by atoms with Gasteiger partial charge in [-0.25, -0.2) is 5.32 Å². The topological polar surface area (TPSA) is 23.3 Å². The van der Waals surface area contributed by atoms with Crippen LogP contribution in [0.2, 0.25) is 0 Å². The number of hydrogen-bond acceptors (Lipinski definition) is 1. The average Bonchev–Trinajstić information content (AvgIpc) is 1.72. The van der Waals surface area contributed by atoms with Crippen molar-refractivity contribution in [1.82, 2.24) is 5.32 Å². The highest BCUT2D eigenvalue weighted by Crippen LogP contribution is 2.25. The number of ether oxygens (including phenoxy) is 1. The van der Waals surface area contributed by atoms with Gasteiger partial charge in [-0.15, -0.1) is 0 Å². The second-order valence-electron chi connectivity index (χ2n) is 2.55. The third kappa shape index (κ3) is 0.565. The molecule has 0 bridgehead atoms. The molecule has 0 N–H and O–H groups in total. The highest BCUT2D eigenvalue weighted by atomic mass is 16.5. The predicted octanol–water partition coefficient (Wildman–Crippen LogP) is 0.00950. The Bertz CT molecular complexity index is 82.5. The van der Waals surface area contributed by atoms with Crippen molar-refractivity contribution in [2.24, 2.45) is 5.92 Å². The van der Waals surface area contributed by atoms with Gasteiger partial charge in [-0.1, -0.05) is 0 Å². The Kier molecular flexibility index (Phi) is 1.02. The summed E-state index contributed by atoms with van der Waals surface area (Å²) in [6, 6.07) is 0. The van der Waals surface area contributed by atoms with Gasteiger partial charge in [0.15, 0.2) is 0 Å². The standard InChI is InChI=1S/C6H10NO/c1-2-7-3-6-5(1)4-8-6/h5-6H,1-4H2. The molecular formula is C6H10NO. The van der Waals surface area contributed by atoms with Crippen LogP contribution < -0.4 is 5.32 Å². The van der Waals surface area contributed by atoms with Crippen LogP contribution in [0.3, 0.4) is 0 Å². The molecule has 0 aliphatic carbocycles. The summed E-state index contributed by atoms with van der Waals surface area (Å²) in [7, 11) is 0. The Morgan fingerprint density at radius 2 is 2.50 bits per heavy atom. The molecule has 0 aromatic carbocycles. The number of fused-ring (bicyclic) bond motifs is 1. The number of nitrogens with zero attached hydrogens (tertiary/aromatic N) is 1. The van der Waals surface area contributed by atoms with Crippen molar-refractivity contribution in [2.45, 2.75) is 12.5 Å². The van der Waals surface area contributed by atoms with Gasteiger partial charge in [-0.3, -0.25) is 0 Å². The van der Waals surface area contributed by atoms with Crippen LogP contribution in [0, 0.1) is 5.92 Å². The molecular weight excluding hydrogens is 102 g/mol. The molecule has 0 saturated carbocycles. The van der Waals surface area contributed by atoms with E-state index in [0.717, 1.165) is 25.6 Å². The molecule has 2 unspecified atom stereocenters. The highest BCUT2D eigenvalue weighted by Gasteiger charge is 2.34. The average molecular weight is 112 g/mol. The van der Waals surface area contributed by atoms with E-state index < -0.39 is 0 Å². The number of hydrogen-bond donors (Lipinski definition) is 0. The second kappa shape index (κ2) is 1.71. The molecule has 0 aromatic heterocycles. The van der Waals surface area contributed by atoms with Gasteiger partial charge in [0, 0.05) is 19.0 Å². The van der Waals surface area contributed by atoms with Gasteiger partial charge < -0.3 is 4.74 Å². The lowest BCUT2D eigenvalue weighted by Crippen LogP contribution is -2.49. The largest absolute Gasteiger partial charge is 0.376 e. The third-order valence-corrected chi connectivity index (χ3v) is 2.02. The summed E-state index contributed by atoms with van der Waals surface area (Å²) in [6.07, 6.45) is 1.79. The number of rotatable bonds is 0. The zero-order chi connectivity index (χ0) is 5.40. The maximum Gasteiger partial charge on any atom is 0.0766 e. The van der Waals surface area contributed by atoms with E-state index in [2.05, 4.69) is 5.32 Å². The fourth-order valence-corrected chi connectivity index (χ4v) is 1.32. The minimum absolute atomic E-state index is 0.517. The van der Waals surface area contributed by atoms with E-state index in [-0.39, 0.29) is 0 Å². The van der Waals surface area contributed by atoms with Gasteiger partial charge in [-0.2, -0.15) is 0 Å². The molecule has 2 fully saturated rings. The van der Waals surface area contributed by atoms with Crippen LogP contribution in [-0.4, -0.2) is 25.8 Å². The smallest absolute Gasteiger partial charge is 0.0766 e. The van der Waals surface area contributed by atoms with Gasteiger partial charge in [0.05, 0.1) is 12.7 Å². The van der Waals surface area contributed by atoms with Crippen molar-refractivity contribution >= 4 is 0 Å². The zero-order valence-corrected chi connectivity index (χ0v) is 4.84. The van der Waals surface area contributed by atoms with Crippen LogP contribution in [0.15, 0.2) is 0 Å². The quantitative estimate of drug-likeness (QED) is 0.433. The monoisotopic (exact) mass is 112 g/mol. The van der Waals surface area contributed by atoms with E-state index in [9.17, 15) is 0 Å². The fourth-order valence-electron chi connectivity index (χ4n) is 1.32. The van der Waals surface area contributed by atoms with Crippen molar-refractivity contribution in [3.8, 4) is 0 Å². The minimum atomic E-state index is 0.517. The summed E-state index contributed by atoms with van der Waals surface area (Å²) in [5.74, 6) is 0.868. The van der Waals surface area contributed by atoms with Crippen LogP contribution in [0.4, 0.5) is 0 Å². The van der Waals surface area contributed by atoms with Gasteiger partial charge in [0.2, 0.25) is 0 Å². The van der Waals surface area contributed by atoms with Crippen molar-refractivity contribution in [3.05, 3.63) is 0 Å². The van der Waals surface area contributed by atoms with Gasteiger partial charge in [0.1, 0.15) is 0 Å². The summed E-state index contributed by atoms with van der Waals surface area (Å²) < 4.78 is 5.24. The summed E-state index contributed by atoms with van der Waals surface area (Å²) in [5.41, 5.74) is 0. The Balaban J connectivity index is 1.92. The van der Waals surface area contributed by atoms with Crippen molar-refractivity contribution < 1.29 is 4.74 Å². The predicted molar refractivity (Wildman–Crippen MR) is 29.7 cm³/mol. The van der Waals surface area contributed by atoms with Gasteiger partial charge >= 0.3 is 0 Å². The Hall–Kier alpha value is -0.0800. The summed E-state index contributed by atoms with van der Waals surface area (Å²) >= 11 is 0. The minimum Gasteiger partial charge on any atom is -0.376 e. The zero-order valence-electron chi connectivity index (χ0n) is 4.84. The molecule has 8 heavy (non-hydrogen) atoms. The lowest BCUT2D eigenvalue weighted by molar-refractivity contribution is -0.126. The van der Waals surface area contributed by atoms with Crippen molar-refractivity contribution in [2.75, 3.05) is 19.7 Å². The van der Waals surface area contributed by atoms with Crippen molar-refractivity contribution in [1.29, 1.82) is 0 Å². The molecule has 2 heteroatoms. The summed E-state index contributed by atoms with van der Waals surface area (Å²) in [6.45, 7) is 3.04. The third-order valence-electron chi connectivity index (χ3n) is 2.02. The van der Waals surface area contributed by atoms with E-state index in [1.807, 2.05) is 0 Å². The maximum absolute atomic E-state index is 5.24. The molecule has 1 radical (unpaired) electrons. The molecule has 45 valence electrons. The first-order valence-corrected chi connectivity index (χ1v) is 3.21. The van der Waals surface area contributed by atoms with Gasteiger partial charge in [0.25, 0.3) is 0 Å². The summed E-state index contributed by atoms with van der Waals surface area (Å²) in [4.78, 5) is 0. The molecule has 2 rings (SSSR count). The molecule has 0 aromatic rings. The van der Waals surface area contributed by atoms with E-state index in [1.54, 1.807) is 0 Å². The first-order chi connectivity index (χ1) is 3.97. The Labute approximate surface area is 49.2 Å². The highest BCUT2D eigenvalue weighted by molar-refractivity contribution is 4.84. The molecule has 2 aliphatic rings. The van der Waals surface area contributed by atoms with E-state index in [0.29, 0.717) is 6.10 Å². The molecule has 2 aliphatic heterocycles. The first kappa shape index (κ1) is 4.77. The first-order valence-electron chi connectivity index (χ1n) is 3.21. The van der Waals surface area contributed by atoms with Crippen LogP contribution in [0.1, 0.15) is 6.42 Å². The molecule has 2 nitrogen and oxygen atoms in total. The Morgan fingerprint density at radius 1 is 1.50 bits per heavy atom. The van der Waals surface area contributed by atoms with Crippen LogP contribution in [-0.2, 0) is 4.74 Å². The lowest BCUT2D eigenvalue weighted by Gasteiger charge is -2.39. The molecule has 0 amide bonds. The van der Waals surface area contributed by atoms with Crippen LogP contribution in [0.5, 0.6) is 0 Å². The molecule has 2 saturated heterocycles. The summed E-state index contributed by atoms with van der Waals surface area (Å²) in [5, 5.41) is 4.23.